The van der Waals surface area contributed by atoms with Gasteiger partial charge >= 0.3 is 0 Å². The molecule has 0 radical (unpaired) electrons. The number of nitrogens with zero attached hydrogens (tertiary/aromatic N) is 5. The standard InChI is InChI=1S/C16H22N6OS/c1-2-4-14(5-3-1)22-15(18-19-20-22)17-12-16(6-11-24-13-16)21-7-9-23-10-8-21/h1-5H,6-13H2,(H,17,18,20)/t16-/m0/s1. The van der Waals surface area contributed by atoms with Crippen LogP contribution in [0.4, 0.5) is 5.95 Å². The predicted octanol–water partition coefficient (Wildman–Crippen LogP) is 1.28. The van der Waals surface area contributed by atoms with Gasteiger partial charge in [0.25, 0.3) is 0 Å². The van der Waals surface area contributed by atoms with Crippen LogP contribution in [0.25, 0.3) is 5.69 Å². The minimum atomic E-state index is 0.169. The molecule has 1 aromatic carbocycles. The van der Waals surface area contributed by atoms with Crippen LogP contribution < -0.4 is 5.32 Å². The van der Waals surface area contributed by atoms with E-state index < -0.39 is 0 Å². The number of hydrogen-bond acceptors (Lipinski definition) is 7. The Balaban J connectivity index is 1.50. The third-order valence-electron chi connectivity index (χ3n) is 4.81. The highest BCUT2D eigenvalue weighted by Gasteiger charge is 2.40. The molecular formula is C16H22N6OS. The first-order chi connectivity index (χ1) is 11.9. The van der Waals surface area contributed by atoms with E-state index in [0.717, 1.165) is 44.3 Å². The van der Waals surface area contributed by atoms with Gasteiger partial charge in [0.15, 0.2) is 0 Å². The van der Waals surface area contributed by atoms with E-state index in [2.05, 4.69) is 25.7 Å². The van der Waals surface area contributed by atoms with E-state index >= 15 is 0 Å². The van der Waals surface area contributed by atoms with Gasteiger partial charge in [-0.05, 0) is 34.7 Å². The number of ether oxygens (including phenoxy) is 1. The summed E-state index contributed by atoms with van der Waals surface area (Å²) in [5.74, 6) is 3.06. The Hall–Kier alpha value is -1.64. The quantitative estimate of drug-likeness (QED) is 0.875. The number of morpholine rings is 1. The van der Waals surface area contributed by atoms with E-state index in [4.69, 9.17) is 4.74 Å². The molecule has 128 valence electrons. The summed E-state index contributed by atoms with van der Waals surface area (Å²) < 4.78 is 7.29. The number of para-hydroxylation sites is 1. The van der Waals surface area contributed by atoms with Crippen LogP contribution >= 0.6 is 11.8 Å². The lowest BCUT2D eigenvalue weighted by molar-refractivity contribution is -0.00926. The first-order valence-corrected chi connectivity index (χ1v) is 9.51. The number of hydrogen-bond donors (Lipinski definition) is 1. The Morgan fingerprint density at radius 3 is 2.79 bits per heavy atom. The van der Waals surface area contributed by atoms with Crippen LogP contribution in [0.1, 0.15) is 6.42 Å². The van der Waals surface area contributed by atoms with Crippen LogP contribution in [0, 0.1) is 0 Å². The van der Waals surface area contributed by atoms with E-state index in [1.807, 2.05) is 42.1 Å². The zero-order valence-corrected chi connectivity index (χ0v) is 14.4. The number of aromatic nitrogens is 4. The molecule has 0 aliphatic carbocycles. The molecule has 2 aliphatic rings. The van der Waals surface area contributed by atoms with Gasteiger partial charge in [-0.3, -0.25) is 4.90 Å². The Labute approximate surface area is 145 Å². The number of tetrazole rings is 1. The highest BCUT2D eigenvalue weighted by Crippen LogP contribution is 2.34. The fourth-order valence-electron chi connectivity index (χ4n) is 3.42. The average Bonchev–Trinajstić information content (AvgIpc) is 3.32. The molecule has 1 aromatic heterocycles. The maximum absolute atomic E-state index is 5.53. The topological polar surface area (TPSA) is 68.1 Å². The molecule has 2 aromatic rings. The maximum atomic E-state index is 5.53. The molecule has 3 heterocycles. The van der Waals surface area contributed by atoms with Gasteiger partial charge in [0.2, 0.25) is 5.95 Å². The van der Waals surface area contributed by atoms with Crippen molar-refractivity contribution in [3.63, 3.8) is 0 Å². The van der Waals surface area contributed by atoms with Crippen molar-refractivity contribution < 1.29 is 4.74 Å². The largest absolute Gasteiger partial charge is 0.379 e. The highest BCUT2D eigenvalue weighted by molar-refractivity contribution is 7.99. The summed E-state index contributed by atoms with van der Waals surface area (Å²) in [5, 5.41) is 15.6. The smallest absolute Gasteiger partial charge is 0.247 e. The van der Waals surface area contributed by atoms with E-state index in [1.165, 1.54) is 12.2 Å². The SMILES string of the molecule is c1ccc(-n2nnnc2NC[C@@]2(N3CCOCC3)CCSC2)cc1. The summed E-state index contributed by atoms with van der Waals surface area (Å²) in [7, 11) is 0. The van der Waals surface area contributed by atoms with Crippen molar-refractivity contribution in [3.05, 3.63) is 30.3 Å². The third kappa shape index (κ3) is 3.13. The molecule has 1 atom stereocenters. The van der Waals surface area contributed by atoms with Gasteiger partial charge in [-0.1, -0.05) is 23.3 Å². The van der Waals surface area contributed by atoms with Gasteiger partial charge in [0.05, 0.1) is 18.9 Å². The van der Waals surface area contributed by atoms with Crippen molar-refractivity contribution >= 4 is 17.7 Å². The molecule has 7 nitrogen and oxygen atoms in total. The summed E-state index contributed by atoms with van der Waals surface area (Å²) in [6, 6.07) is 9.98. The number of benzene rings is 1. The fourth-order valence-corrected chi connectivity index (χ4v) is 4.90. The van der Waals surface area contributed by atoms with Crippen LogP contribution in [-0.4, -0.2) is 75.0 Å². The molecule has 0 amide bonds. The molecule has 0 bridgehead atoms. The average molecular weight is 346 g/mol. The monoisotopic (exact) mass is 346 g/mol. The number of thioether (sulfide) groups is 1. The molecule has 8 heteroatoms. The number of nitrogens with one attached hydrogen (secondary N) is 1. The molecule has 4 rings (SSSR count). The van der Waals surface area contributed by atoms with Crippen molar-refractivity contribution in [2.75, 3.05) is 49.7 Å². The number of rotatable bonds is 5. The summed E-state index contributed by atoms with van der Waals surface area (Å²) >= 11 is 2.03. The van der Waals surface area contributed by atoms with Crippen LogP contribution in [0.15, 0.2) is 30.3 Å². The van der Waals surface area contributed by atoms with Gasteiger partial charge < -0.3 is 10.1 Å². The summed E-state index contributed by atoms with van der Waals surface area (Å²) in [4.78, 5) is 2.58. The van der Waals surface area contributed by atoms with E-state index in [-0.39, 0.29) is 5.54 Å². The molecule has 0 saturated carbocycles. The Morgan fingerprint density at radius 1 is 1.21 bits per heavy atom. The zero-order chi connectivity index (χ0) is 16.2. The maximum Gasteiger partial charge on any atom is 0.247 e. The molecule has 2 saturated heterocycles. The fraction of sp³-hybridized carbons (Fsp3) is 0.562. The molecule has 0 spiro atoms. The van der Waals surface area contributed by atoms with Crippen molar-refractivity contribution in [1.29, 1.82) is 0 Å². The summed E-state index contributed by atoms with van der Waals surface area (Å²) in [6.45, 7) is 4.52. The second-order valence-corrected chi connectivity index (χ2v) is 7.33. The highest BCUT2D eigenvalue weighted by atomic mass is 32.2. The lowest BCUT2D eigenvalue weighted by atomic mass is 9.95. The van der Waals surface area contributed by atoms with Gasteiger partial charge in [-0.25, -0.2) is 0 Å². The molecule has 1 N–H and O–H groups in total. The van der Waals surface area contributed by atoms with Crippen molar-refractivity contribution in [1.82, 2.24) is 25.1 Å². The summed E-state index contributed by atoms with van der Waals surface area (Å²) in [5.41, 5.74) is 1.13. The first-order valence-electron chi connectivity index (χ1n) is 8.36. The van der Waals surface area contributed by atoms with Crippen molar-refractivity contribution in [3.8, 4) is 5.69 Å². The van der Waals surface area contributed by atoms with E-state index in [9.17, 15) is 0 Å². The lowest BCUT2D eigenvalue weighted by Gasteiger charge is -2.43. The predicted molar refractivity (Wildman–Crippen MR) is 94.7 cm³/mol. The van der Waals surface area contributed by atoms with Gasteiger partial charge in [-0.15, -0.1) is 0 Å². The van der Waals surface area contributed by atoms with E-state index in [0.29, 0.717) is 5.95 Å². The van der Waals surface area contributed by atoms with Crippen LogP contribution in [-0.2, 0) is 4.74 Å². The second-order valence-electron chi connectivity index (χ2n) is 6.23. The van der Waals surface area contributed by atoms with Crippen LogP contribution in [0.2, 0.25) is 0 Å². The van der Waals surface area contributed by atoms with Crippen LogP contribution in [0.3, 0.4) is 0 Å². The molecular weight excluding hydrogens is 324 g/mol. The minimum absolute atomic E-state index is 0.169. The first kappa shape index (κ1) is 15.9. The zero-order valence-electron chi connectivity index (χ0n) is 13.6. The van der Waals surface area contributed by atoms with E-state index in [1.54, 1.807) is 4.68 Å². The van der Waals surface area contributed by atoms with Gasteiger partial charge in [0, 0.05) is 30.9 Å². The molecule has 24 heavy (non-hydrogen) atoms. The Kier molecular flexibility index (Phi) is 4.68. The number of anilines is 1. The molecule has 2 aliphatic heterocycles. The van der Waals surface area contributed by atoms with Gasteiger partial charge in [-0.2, -0.15) is 16.4 Å². The Bertz CT molecular complexity index is 652. The molecule has 2 fully saturated rings. The Morgan fingerprint density at radius 2 is 2.04 bits per heavy atom. The second kappa shape index (κ2) is 7.08. The minimum Gasteiger partial charge on any atom is -0.379 e. The normalized spacial score (nSPS) is 25.0. The summed E-state index contributed by atoms with van der Waals surface area (Å²) in [6.07, 6.45) is 1.19. The third-order valence-corrected chi connectivity index (χ3v) is 6.04. The van der Waals surface area contributed by atoms with Crippen LogP contribution in [0.5, 0.6) is 0 Å². The lowest BCUT2D eigenvalue weighted by Crippen LogP contribution is -2.57. The van der Waals surface area contributed by atoms with Crippen molar-refractivity contribution in [2.24, 2.45) is 0 Å². The molecule has 0 unspecified atom stereocenters. The van der Waals surface area contributed by atoms with Crippen molar-refractivity contribution in [2.45, 2.75) is 12.0 Å². The van der Waals surface area contributed by atoms with Gasteiger partial charge in [0.1, 0.15) is 0 Å².